The van der Waals surface area contributed by atoms with Crippen LogP contribution in [0.3, 0.4) is 0 Å². The second-order valence-corrected chi connectivity index (χ2v) is 4.73. The lowest BCUT2D eigenvalue weighted by atomic mass is 10.1. The van der Waals surface area contributed by atoms with Gasteiger partial charge in [-0.2, -0.15) is 0 Å². The summed E-state index contributed by atoms with van der Waals surface area (Å²) in [6.45, 7) is 10.5. The number of amides is 1. The molecule has 0 spiro atoms. The van der Waals surface area contributed by atoms with Crippen LogP contribution in [0.1, 0.15) is 27.7 Å². The quantitative estimate of drug-likeness (QED) is 0.687. The zero-order valence-corrected chi connectivity index (χ0v) is 9.62. The van der Waals surface area contributed by atoms with Crippen LogP contribution in [0.4, 0.5) is 0 Å². The lowest BCUT2D eigenvalue weighted by Crippen LogP contribution is -2.53. The number of rotatable bonds is 4. The Bertz CT molecular complexity index is 197. The Labute approximate surface area is 86.4 Å². The third-order valence-corrected chi connectivity index (χ3v) is 2.40. The van der Waals surface area contributed by atoms with Crippen molar-refractivity contribution in [2.45, 2.75) is 33.7 Å². The maximum Gasteiger partial charge on any atom is 0.225 e. The molecule has 3 heteroatoms. The maximum absolute atomic E-state index is 11.9. The Morgan fingerprint density at radius 2 is 1.93 bits per heavy atom. The summed E-state index contributed by atoms with van der Waals surface area (Å²) >= 11 is 0. The van der Waals surface area contributed by atoms with E-state index in [4.69, 9.17) is 4.74 Å². The van der Waals surface area contributed by atoms with Crippen LogP contribution in [0.15, 0.2) is 0 Å². The lowest BCUT2D eigenvalue weighted by Gasteiger charge is -2.39. The van der Waals surface area contributed by atoms with E-state index in [1.54, 1.807) is 0 Å². The van der Waals surface area contributed by atoms with Gasteiger partial charge in [-0.3, -0.25) is 4.79 Å². The fourth-order valence-corrected chi connectivity index (χ4v) is 1.55. The minimum Gasteiger partial charge on any atom is -0.377 e. The van der Waals surface area contributed by atoms with Crippen molar-refractivity contribution in [1.82, 2.24) is 4.90 Å². The van der Waals surface area contributed by atoms with Gasteiger partial charge in [0.1, 0.15) is 0 Å². The van der Waals surface area contributed by atoms with Crippen LogP contribution >= 0.6 is 0 Å². The van der Waals surface area contributed by atoms with Crippen LogP contribution in [-0.2, 0) is 9.53 Å². The van der Waals surface area contributed by atoms with Gasteiger partial charge in [0.2, 0.25) is 5.91 Å². The monoisotopic (exact) mass is 199 g/mol. The van der Waals surface area contributed by atoms with E-state index in [2.05, 4.69) is 13.8 Å². The largest absolute Gasteiger partial charge is 0.377 e. The molecule has 14 heavy (non-hydrogen) atoms. The normalized spacial score (nSPS) is 17.3. The number of nitrogens with zero attached hydrogens (tertiary/aromatic N) is 1. The molecular weight excluding hydrogens is 178 g/mol. The summed E-state index contributed by atoms with van der Waals surface area (Å²) in [5.41, 5.74) is 0. The Kier molecular flexibility index (Phi) is 3.93. The van der Waals surface area contributed by atoms with Crippen LogP contribution in [0.5, 0.6) is 0 Å². The molecule has 0 radical (unpaired) electrons. The van der Waals surface area contributed by atoms with Crippen molar-refractivity contribution in [2.75, 3.05) is 19.8 Å². The molecule has 0 unspecified atom stereocenters. The van der Waals surface area contributed by atoms with Gasteiger partial charge in [-0.15, -0.1) is 0 Å². The Hall–Kier alpha value is -0.570. The molecule has 1 rings (SSSR count). The molecule has 1 fully saturated rings. The zero-order chi connectivity index (χ0) is 10.7. The topological polar surface area (TPSA) is 29.5 Å². The van der Waals surface area contributed by atoms with Crippen LogP contribution in [-0.4, -0.2) is 36.6 Å². The number of carbonyl (C=O) groups is 1. The summed E-state index contributed by atoms with van der Waals surface area (Å²) in [4.78, 5) is 13.9. The molecule has 0 aromatic rings. The van der Waals surface area contributed by atoms with Crippen molar-refractivity contribution in [3.05, 3.63) is 0 Å². The Morgan fingerprint density at radius 1 is 1.36 bits per heavy atom. The van der Waals surface area contributed by atoms with E-state index in [0.29, 0.717) is 25.2 Å². The smallest absolute Gasteiger partial charge is 0.225 e. The third kappa shape index (κ3) is 2.71. The standard InChI is InChI=1S/C11H21NO2/c1-8(2)5-12(10-6-14-7-10)11(13)9(3)4/h8-10H,5-7H2,1-4H3. The van der Waals surface area contributed by atoms with E-state index in [9.17, 15) is 4.79 Å². The molecule has 0 atom stereocenters. The molecule has 1 amide bonds. The lowest BCUT2D eigenvalue weighted by molar-refractivity contribution is -0.148. The number of hydrogen-bond donors (Lipinski definition) is 0. The zero-order valence-electron chi connectivity index (χ0n) is 9.62. The van der Waals surface area contributed by atoms with Gasteiger partial charge in [-0.05, 0) is 5.92 Å². The summed E-state index contributed by atoms with van der Waals surface area (Å²) in [5, 5.41) is 0. The Morgan fingerprint density at radius 3 is 2.21 bits per heavy atom. The predicted molar refractivity (Wildman–Crippen MR) is 56.0 cm³/mol. The molecule has 0 saturated carbocycles. The average Bonchev–Trinajstić information content (AvgIpc) is 1.97. The fourth-order valence-electron chi connectivity index (χ4n) is 1.55. The Balaban J connectivity index is 2.55. The highest BCUT2D eigenvalue weighted by atomic mass is 16.5. The molecule has 1 saturated heterocycles. The van der Waals surface area contributed by atoms with Crippen molar-refractivity contribution in [3.63, 3.8) is 0 Å². The van der Waals surface area contributed by atoms with Crippen molar-refractivity contribution in [3.8, 4) is 0 Å². The van der Waals surface area contributed by atoms with Gasteiger partial charge in [-0.1, -0.05) is 27.7 Å². The minimum atomic E-state index is 0.0920. The fraction of sp³-hybridized carbons (Fsp3) is 0.909. The highest BCUT2D eigenvalue weighted by Gasteiger charge is 2.30. The molecule has 0 bridgehead atoms. The number of ether oxygens (including phenoxy) is 1. The first kappa shape index (κ1) is 11.5. The minimum absolute atomic E-state index is 0.0920. The van der Waals surface area contributed by atoms with Crippen LogP contribution in [0.2, 0.25) is 0 Å². The number of hydrogen-bond acceptors (Lipinski definition) is 2. The second kappa shape index (κ2) is 4.78. The summed E-state index contributed by atoms with van der Waals surface area (Å²) in [6.07, 6.45) is 0. The van der Waals surface area contributed by atoms with Gasteiger partial charge in [0.25, 0.3) is 0 Å². The van der Waals surface area contributed by atoms with E-state index in [-0.39, 0.29) is 11.8 Å². The van der Waals surface area contributed by atoms with Crippen molar-refractivity contribution in [1.29, 1.82) is 0 Å². The SMILES string of the molecule is CC(C)CN(C(=O)C(C)C)C1COC1. The average molecular weight is 199 g/mol. The van der Waals surface area contributed by atoms with Crippen molar-refractivity contribution >= 4 is 5.91 Å². The molecule has 1 aliphatic rings. The van der Waals surface area contributed by atoms with E-state index < -0.39 is 0 Å². The highest BCUT2D eigenvalue weighted by Crippen LogP contribution is 2.15. The van der Waals surface area contributed by atoms with Gasteiger partial charge in [0, 0.05) is 12.5 Å². The maximum atomic E-state index is 11.9. The summed E-state index contributed by atoms with van der Waals surface area (Å²) in [6, 6.07) is 0.326. The molecule has 1 aliphatic heterocycles. The predicted octanol–water partition coefficient (Wildman–Crippen LogP) is 1.53. The van der Waals surface area contributed by atoms with Gasteiger partial charge in [0.05, 0.1) is 19.3 Å². The van der Waals surface area contributed by atoms with E-state index in [0.717, 1.165) is 6.54 Å². The first-order chi connectivity index (χ1) is 6.52. The third-order valence-electron chi connectivity index (χ3n) is 2.40. The van der Waals surface area contributed by atoms with Gasteiger partial charge >= 0.3 is 0 Å². The van der Waals surface area contributed by atoms with Crippen LogP contribution < -0.4 is 0 Å². The molecule has 1 heterocycles. The summed E-state index contributed by atoms with van der Waals surface area (Å²) < 4.78 is 5.13. The van der Waals surface area contributed by atoms with E-state index >= 15 is 0 Å². The molecule has 0 aromatic heterocycles. The molecule has 3 nitrogen and oxygen atoms in total. The first-order valence-electron chi connectivity index (χ1n) is 5.40. The summed E-state index contributed by atoms with van der Waals surface area (Å²) in [7, 11) is 0. The van der Waals surface area contributed by atoms with E-state index in [1.165, 1.54) is 0 Å². The van der Waals surface area contributed by atoms with Gasteiger partial charge in [0.15, 0.2) is 0 Å². The van der Waals surface area contributed by atoms with Crippen molar-refractivity contribution < 1.29 is 9.53 Å². The molecule has 0 aliphatic carbocycles. The number of carbonyl (C=O) groups excluding carboxylic acids is 1. The van der Waals surface area contributed by atoms with Crippen LogP contribution in [0, 0.1) is 11.8 Å². The summed E-state index contributed by atoms with van der Waals surface area (Å²) in [5.74, 6) is 0.875. The second-order valence-electron chi connectivity index (χ2n) is 4.73. The molecule has 0 aromatic carbocycles. The first-order valence-corrected chi connectivity index (χ1v) is 5.40. The molecule has 0 N–H and O–H groups in total. The van der Waals surface area contributed by atoms with Gasteiger partial charge < -0.3 is 9.64 Å². The van der Waals surface area contributed by atoms with Crippen molar-refractivity contribution in [2.24, 2.45) is 11.8 Å². The molecule has 82 valence electrons. The van der Waals surface area contributed by atoms with Crippen LogP contribution in [0.25, 0.3) is 0 Å². The van der Waals surface area contributed by atoms with E-state index in [1.807, 2.05) is 18.7 Å². The highest BCUT2D eigenvalue weighted by molar-refractivity contribution is 5.78. The molecular formula is C11H21NO2. The van der Waals surface area contributed by atoms with Gasteiger partial charge in [-0.25, -0.2) is 0 Å².